The Labute approximate surface area is 251 Å². The van der Waals surface area contributed by atoms with Crippen LogP contribution < -0.4 is 9.47 Å². The summed E-state index contributed by atoms with van der Waals surface area (Å²) in [6.07, 6.45) is -12.4. The molecule has 2 aromatic carbocycles. The molecule has 44 heavy (non-hydrogen) atoms. The summed E-state index contributed by atoms with van der Waals surface area (Å²) >= 11 is 0. The standard InChI is InChI=1S/C19H23F3O3.C13H11F3O3/c1-17(2,3)11-7-10-8-12(16(23)24)15(19(20,21)22)25-14(10)13(9-11)18(4,5)6;1-6-3-4-8-5-9(12(17)18)11(13(14,15)16)19-10(8)7(6)2/h7-9,15H,1-6H3,(H,23,24);3-5,11H,1-2H3,(H,17,18). The minimum atomic E-state index is -4.81. The average molecular weight is 629 g/mol. The van der Waals surface area contributed by atoms with Crippen molar-refractivity contribution in [3.8, 4) is 11.5 Å². The van der Waals surface area contributed by atoms with Crippen LogP contribution in [0.25, 0.3) is 12.2 Å². The molecule has 240 valence electrons. The van der Waals surface area contributed by atoms with E-state index in [0.29, 0.717) is 22.3 Å². The van der Waals surface area contributed by atoms with Crippen LogP contribution in [0.2, 0.25) is 0 Å². The molecule has 2 aliphatic heterocycles. The Bertz CT molecular complexity index is 1530. The first-order valence-corrected chi connectivity index (χ1v) is 13.5. The summed E-state index contributed by atoms with van der Waals surface area (Å²) in [6.45, 7) is 15.0. The van der Waals surface area contributed by atoms with E-state index in [0.717, 1.165) is 23.3 Å². The highest BCUT2D eigenvalue weighted by atomic mass is 19.4. The number of carboxylic acids is 2. The molecule has 0 aliphatic carbocycles. The first-order valence-electron chi connectivity index (χ1n) is 13.5. The molecule has 2 aromatic rings. The molecule has 12 heteroatoms. The maximum atomic E-state index is 13.3. The van der Waals surface area contributed by atoms with Crippen molar-refractivity contribution < 1.29 is 55.6 Å². The van der Waals surface area contributed by atoms with E-state index in [4.69, 9.17) is 14.6 Å². The minimum absolute atomic E-state index is 0.0901. The number of hydrogen-bond donors (Lipinski definition) is 2. The SMILES string of the molecule is CC(C)(C)c1cc2c(c(C(C)(C)C)c1)OC(C(F)(F)F)C(C(=O)O)=C2.Cc1ccc2c(c1C)OC(C(F)(F)F)C(C(=O)O)=C2. The number of aliphatic carboxylic acids is 2. The van der Waals surface area contributed by atoms with Crippen molar-refractivity contribution in [1.29, 1.82) is 0 Å². The van der Waals surface area contributed by atoms with Gasteiger partial charge in [0.05, 0.1) is 11.1 Å². The number of hydrogen-bond acceptors (Lipinski definition) is 4. The summed E-state index contributed by atoms with van der Waals surface area (Å²) in [4.78, 5) is 22.3. The molecule has 6 nitrogen and oxygen atoms in total. The molecule has 2 aliphatic rings. The molecule has 0 fully saturated rings. The second-order valence-electron chi connectivity index (χ2n) is 12.8. The van der Waals surface area contributed by atoms with E-state index < -0.39 is 53.1 Å². The van der Waals surface area contributed by atoms with Gasteiger partial charge in [0.1, 0.15) is 11.5 Å². The summed E-state index contributed by atoms with van der Waals surface area (Å²) < 4.78 is 88.6. The predicted molar refractivity (Wildman–Crippen MR) is 152 cm³/mol. The maximum Gasteiger partial charge on any atom is 0.430 e. The first kappa shape index (κ1) is 34.5. The van der Waals surface area contributed by atoms with Crippen molar-refractivity contribution in [3.63, 3.8) is 0 Å². The highest BCUT2D eigenvalue weighted by molar-refractivity contribution is 5.96. The lowest BCUT2D eigenvalue weighted by Crippen LogP contribution is -2.41. The molecular weight excluding hydrogens is 594 g/mol. The molecule has 0 bridgehead atoms. The quantitative estimate of drug-likeness (QED) is 0.326. The van der Waals surface area contributed by atoms with Crippen molar-refractivity contribution in [2.75, 3.05) is 0 Å². The zero-order valence-electron chi connectivity index (χ0n) is 25.4. The van der Waals surface area contributed by atoms with Gasteiger partial charge in [-0.15, -0.1) is 0 Å². The molecular formula is C32H34F6O6. The third kappa shape index (κ3) is 7.22. The molecule has 0 spiro atoms. The summed E-state index contributed by atoms with van der Waals surface area (Å²) in [5.41, 5.74) is 1.31. The van der Waals surface area contributed by atoms with Gasteiger partial charge in [-0.3, -0.25) is 0 Å². The fourth-order valence-electron chi connectivity index (χ4n) is 4.64. The summed E-state index contributed by atoms with van der Waals surface area (Å²) in [7, 11) is 0. The molecule has 4 rings (SSSR count). The minimum Gasteiger partial charge on any atom is -0.478 e. The number of carboxylic acid groups (broad SMARTS) is 2. The van der Waals surface area contributed by atoms with E-state index >= 15 is 0 Å². The van der Waals surface area contributed by atoms with Gasteiger partial charge in [0.25, 0.3) is 0 Å². The van der Waals surface area contributed by atoms with Gasteiger partial charge in [-0.1, -0.05) is 59.7 Å². The Kier molecular flexibility index (Phi) is 9.04. The molecule has 2 heterocycles. The Hall–Kier alpha value is -3.96. The largest absolute Gasteiger partial charge is 0.478 e. The fraction of sp³-hybridized carbons (Fsp3) is 0.438. The van der Waals surface area contributed by atoms with Crippen LogP contribution in [0.15, 0.2) is 35.4 Å². The number of halogens is 6. The zero-order valence-corrected chi connectivity index (χ0v) is 25.4. The van der Waals surface area contributed by atoms with E-state index in [1.54, 1.807) is 32.0 Å². The monoisotopic (exact) mass is 628 g/mol. The van der Waals surface area contributed by atoms with Crippen molar-refractivity contribution in [2.45, 2.75) is 90.8 Å². The average Bonchev–Trinajstić information content (AvgIpc) is 2.86. The summed E-state index contributed by atoms with van der Waals surface area (Å²) in [5.74, 6) is -3.07. The molecule has 2 atom stereocenters. The van der Waals surface area contributed by atoms with E-state index in [9.17, 15) is 41.0 Å². The lowest BCUT2D eigenvalue weighted by molar-refractivity contribution is -0.187. The van der Waals surface area contributed by atoms with Gasteiger partial charge >= 0.3 is 24.3 Å². The number of ether oxygens (including phenoxy) is 2. The molecule has 2 N–H and O–H groups in total. The number of benzene rings is 2. The molecule has 0 saturated heterocycles. The normalized spacial score (nSPS) is 18.3. The second-order valence-corrected chi connectivity index (χ2v) is 12.8. The van der Waals surface area contributed by atoms with Gasteiger partial charge in [0, 0.05) is 16.7 Å². The molecule has 0 saturated carbocycles. The van der Waals surface area contributed by atoms with Crippen LogP contribution in [-0.2, 0) is 20.4 Å². The van der Waals surface area contributed by atoms with Gasteiger partial charge in [-0.25, -0.2) is 9.59 Å². The molecule has 0 amide bonds. The lowest BCUT2D eigenvalue weighted by atomic mass is 9.78. The van der Waals surface area contributed by atoms with Crippen molar-refractivity contribution >= 4 is 24.1 Å². The van der Waals surface area contributed by atoms with Crippen LogP contribution in [0.1, 0.15) is 74.9 Å². The zero-order chi connectivity index (χ0) is 33.7. The number of aryl methyl sites for hydroxylation is 1. The Morgan fingerprint density at radius 1 is 0.682 bits per heavy atom. The van der Waals surface area contributed by atoms with Crippen LogP contribution in [0.4, 0.5) is 26.3 Å². The molecule has 2 unspecified atom stereocenters. The van der Waals surface area contributed by atoms with Crippen LogP contribution in [0.5, 0.6) is 11.5 Å². The fourth-order valence-corrected chi connectivity index (χ4v) is 4.64. The Balaban J connectivity index is 0.000000249. The number of alkyl halides is 6. The van der Waals surface area contributed by atoms with Gasteiger partial charge < -0.3 is 19.7 Å². The number of rotatable bonds is 2. The topological polar surface area (TPSA) is 93.1 Å². The predicted octanol–water partition coefficient (Wildman–Crippen LogP) is 8.17. The highest BCUT2D eigenvalue weighted by Crippen LogP contribution is 2.45. The number of fused-ring (bicyclic) bond motifs is 2. The number of carbonyl (C=O) groups is 2. The summed E-state index contributed by atoms with van der Waals surface area (Å²) in [6, 6.07) is 6.82. The third-order valence-electron chi connectivity index (χ3n) is 7.25. The van der Waals surface area contributed by atoms with Gasteiger partial charge in [0.2, 0.25) is 12.2 Å². The first-order chi connectivity index (χ1) is 19.8. The smallest absolute Gasteiger partial charge is 0.430 e. The second kappa shape index (κ2) is 11.5. The Morgan fingerprint density at radius 3 is 1.55 bits per heavy atom. The van der Waals surface area contributed by atoms with Gasteiger partial charge in [-0.05, 0) is 59.6 Å². The van der Waals surface area contributed by atoms with Crippen molar-refractivity contribution in [1.82, 2.24) is 0 Å². The van der Waals surface area contributed by atoms with E-state index in [1.165, 1.54) is 0 Å². The lowest BCUT2D eigenvalue weighted by Gasteiger charge is -2.33. The van der Waals surface area contributed by atoms with Crippen LogP contribution >= 0.6 is 0 Å². The van der Waals surface area contributed by atoms with Crippen LogP contribution in [0.3, 0.4) is 0 Å². The van der Waals surface area contributed by atoms with Crippen molar-refractivity contribution in [3.05, 3.63) is 68.8 Å². The van der Waals surface area contributed by atoms with E-state index in [1.807, 2.05) is 47.6 Å². The van der Waals surface area contributed by atoms with Gasteiger partial charge in [0.15, 0.2) is 0 Å². The maximum absolute atomic E-state index is 13.3. The molecule has 0 aromatic heterocycles. The third-order valence-corrected chi connectivity index (χ3v) is 7.25. The Morgan fingerprint density at radius 2 is 1.14 bits per heavy atom. The van der Waals surface area contributed by atoms with Crippen molar-refractivity contribution in [2.24, 2.45) is 0 Å². The van der Waals surface area contributed by atoms with E-state index in [2.05, 4.69) is 0 Å². The van der Waals surface area contributed by atoms with Crippen LogP contribution in [0, 0.1) is 13.8 Å². The van der Waals surface area contributed by atoms with E-state index in [-0.39, 0.29) is 16.9 Å². The van der Waals surface area contributed by atoms with Crippen LogP contribution in [-0.4, -0.2) is 46.7 Å². The summed E-state index contributed by atoms with van der Waals surface area (Å²) in [5, 5.41) is 18.1. The van der Waals surface area contributed by atoms with Gasteiger partial charge in [-0.2, -0.15) is 26.3 Å². The highest BCUT2D eigenvalue weighted by Gasteiger charge is 2.50. The molecule has 0 radical (unpaired) electrons.